The zero-order valence-electron chi connectivity index (χ0n) is 8.18. The molecular weight excluding hydrogens is 186 g/mol. The molecule has 72 valence electrons. The molecule has 0 bridgehead atoms. The predicted molar refractivity (Wildman–Crippen MR) is 61.1 cm³/mol. The summed E-state index contributed by atoms with van der Waals surface area (Å²) in [4.78, 5) is 10.9. The van der Waals surface area contributed by atoms with Crippen molar-refractivity contribution in [1.29, 1.82) is 0 Å². The van der Waals surface area contributed by atoms with E-state index in [2.05, 4.69) is 0 Å². The smallest absolute Gasteiger partial charge is 0.133 e. The first kappa shape index (κ1) is 9.45. The van der Waals surface area contributed by atoms with Crippen molar-refractivity contribution in [2.75, 3.05) is 0 Å². The van der Waals surface area contributed by atoms with Crippen LogP contribution in [0.4, 0.5) is 0 Å². The SMILES string of the molecule is O=[13C]=[13C](c1ccccc1)c1ccccc1. The second-order valence-corrected chi connectivity index (χ2v) is 3.21. The van der Waals surface area contributed by atoms with Crippen LogP contribution in [0.5, 0.6) is 0 Å². The van der Waals surface area contributed by atoms with E-state index in [1.165, 1.54) is 0 Å². The van der Waals surface area contributed by atoms with Gasteiger partial charge in [-0.25, -0.2) is 4.79 Å². The first-order valence-electron chi connectivity index (χ1n) is 4.78. The lowest BCUT2D eigenvalue weighted by Gasteiger charge is -2.02. The molecule has 0 aliphatic heterocycles. The highest BCUT2D eigenvalue weighted by Crippen LogP contribution is 2.19. The molecule has 0 fully saturated rings. The number of hydrogen-bond donors (Lipinski definition) is 0. The fraction of sp³-hybridized carbons (Fsp3) is 0. The van der Waals surface area contributed by atoms with Gasteiger partial charge in [0.05, 0.1) is 5.57 Å². The van der Waals surface area contributed by atoms with Crippen molar-refractivity contribution < 1.29 is 4.79 Å². The van der Waals surface area contributed by atoms with E-state index in [4.69, 9.17) is 0 Å². The molecule has 0 atom stereocenters. The van der Waals surface area contributed by atoms with Gasteiger partial charge in [0.15, 0.2) is 0 Å². The standard InChI is InChI=1S/C14H10O/c15-11-14(12-7-3-1-4-8-12)13-9-5-2-6-10-13/h1-10H/i11+1,14+1. The molecule has 0 spiro atoms. The van der Waals surface area contributed by atoms with Crippen LogP contribution in [0.15, 0.2) is 60.7 Å². The Bertz CT molecular complexity index is 438. The van der Waals surface area contributed by atoms with Gasteiger partial charge in [-0.1, -0.05) is 60.7 Å². The zero-order valence-corrected chi connectivity index (χ0v) is 8.18. The summed E-state index contributed by atoms with van der Waals surface area (Å²) in [6.45, 7) is 0. The molecular formula is C14H10O. The third-order valence-corrected chi connectivity index (χ3v) is 2.23. The summed E-state index contributed by atoms with van der Waals surface area (Å²) in [6.07, 6.45) is 0. The highest BCUT2D eigenvalue weighted by molar-refractivity contribution is 5.96. The molecule has 1 nitrogen and oxygen atoms in total. The molecule has 0 aromatic heterocycles. The van der Waals surface area contributed by atoms with E-state index in [-0.39, 0.29) is 0 Å². The summed E-state index contributed by atoms with van der Waals surface area (Å²) in [5, 5.41) is 0. The molecule has 2 rings (SSSR count). The lowest BCUT2D eigenvalue weighted by atomic mass is 10.2. The minimum absolute atomic E-state index is 0.608. The van der Waals surface area contributed by atoms with E-state index >= 15 is 0 Å². The van der Waals surface area contributed by atoms with Gasteiger partial charge in [-0.15, -0.1) is 0 Å². The van der Waals surface area contributed by atoms with Crippen LogP contribution in [0.1, 0.15) is 11.1 Å². The van der Waals surface area contributed by atoms with Gasteiger partial charge in [0.25, 0.3) is 0 Å². The van der Waals surface area contributed by atoms with E-state index in [9.17, 15) is 4.79 Å². The lowest BCUT2D eigenvalue weighted by molar-refractivity contribution is 0.569. The fourth-order valence-corrected chi connectivity index (χ4v) is 1.49. The predicted octanol–water partition coefficient (Wildman–Crippen LogP) is 2.95. The molecule has 15 heavy (non-hydrogen) atoms. The Morgan fingerprint density at radius 1 is 0.733 bits per heavy atom. The van der Waals surface area contributed by atoms with E-state index < -0.39 is 0 Å². The van der Waals surface area contributed by atoms with Crippen molar-refractivity contribution in [2.24, 2.45) is 0 Å². The number of hydrogen-bond acceptors (Lipinski definition) is 1. The van der Waals surface area contributed by atoms with Crippen LogP contribution in [-0.2, 0) is 4.79 Å². The molecule has 0 saturated carbocycles. The van der Waals surface area contributed by atoms with Gasteiger partial charge in [-0.05, 0) is 11.1 Å². The van der Waals surface area contributed by atoms with E-state index in [0.29, 0.717) is 5.57 Å². The minimum atomic E-state index is 0.608. The van der Waals surface area contributed by atoms with Crippen LogP contribution < -0.4 is 0 Å². The number of rotatable bonds is 2. The minimum Gasteiger partial charge on any atom is -0.233 e. The molecule has 0 amide bonds. The number of benzene rings is 2. The first-order valence-corrected chi connectivity index (χ1v) is 4.78. The van der Waals surface area contributed by atoms with Crippen molar-refractivity contribution in [2.45, 2.75) is 0 Å². The molecule has 0 radical (unpaired) electrons. The van der Waals surface area contributed by atoms with Crippen LogP contribution in [0, 0.1) is 0 Å². The van der Waals surface area contributed by atoms with Crippen LogP contribution in [0.3, 0.4) is 0 Å². The van der Waals surface area contributed by atoms with E-state index in [0.717, 1.165) is 11.1 Å². The maximum atomic E-state index is 10.9. The van der Waals surface area contributed by atoms with Crippen molar-refractivity contribution in [3.8, 4) is 0 Å². The van der Waals surface area contributed by atoms with Crippen molar-refractivity contribution >= 4 is 11.5 Å². The molecule has 0 heterocycles. The Labute approximate surface area is 88.7 Å². The van der Waals surface area contributed by atoms with Gasteiger partial charge in [0.2, 0.25) is 0 Å². The highest BCUT2D eigenvalue weighted by atomic mass is 16.2. The molecule has 0 saturated heterocycles. The van der Waals surface area contributed by atoms with Crippen molar-refractivity contribution in [1.82, 2.24) is 0 Å². The quantitative estimate of drug-likeness (QED) is 0.533. The van der Waals surface area contributed by atoms with Gasteiger partial charge in [0.1, 0.15) is 5.94 Å². The molecule has 0 aliphatic carbocycles. The fourth-order valence-electron chi connectivity index (χ4n) is 1.49. The molecule has 2 aromatic rings. The Hall–Kier alpha value is -2.11. The molecule has 0 unspecified atom stereocenters. The molecule has 0 aliphatic rings. The molecule has 2 aromatic carbocycles. The topological polar surface area (TPSA) is 17.1 Å². The van der Waals surface area contributed by atoms with Crippen LogP contribution in [0.2, 0.25) is 0 Å². The Kier molecular flexibility index (Phi) is 2.77. The van der Waals surface area contributed by atoms with Crippen molar-refractivity contribution in [3.63, 3.8) is 0 Å². The van der Waals surface area contributed by atoms with Gasteiger partial charge in [-0.2, -0.15) is 0 Å². The molecule has 1 heteroatoms. The summed E-state index contributed by atoms with van der Waals surface area (Å²) in [6, 6.07) is 19.1. The third kappa shape index (κ3) is 2.04. The Balaban J connectivity index is 2.48. The summed E-state index contributed by atoms with van der Waals surface area (Å²) >= 11 is 0. The van der Waals surface area contributed by atoms with Gasteiger partial charge < -0.3 is 0 Å². The van der Waals surface area contributed by atoms with Crippen molar-refractivity contribution in [3.05, 3.63) is 71.8 Å². The van der Waals surface area contributed by atoms with Crippen LogP contribution >= 0.6 is 0 Å². The summed E-state index contributed by atoms with van der Waals surface area (Å²) in [5.74, 6) is 2.00. The summed E-state index contributed by atoms with van der Waals surface area (Å²) in [7, 11) is 0. The number of carbonyl (C=O) groups excluding carboxylic acids is 1. The second kappa shape index (κ2) is 4.41. The third-order valence-electron chi connectivity index (χ3n) is 2.23. The monoisotopic (exact) mass is 196 g/mol. The summed E-state index contributed by atoms with van der Waals surface area (Å²) in [5.41, 5.74) is 2.41. The maximum Gasteiger partial charge on any atom is 0.133 e. The van der Waals surface area contributed by atoms with Gasteiger partial charge in [0, 0.05) is 0 Å². The maximum absolute atomic E-state index is 10.9. The normalized spacial score (nSPS) is 9.33. The molecule has 0 N–H and O–H groups in total. The van der Waals surface area contributed by atoms with Crippen LogP contribution in [0.25, 0.3) is 5.57 Å². The highest BCUT2D eigenvalue weighted by Gasteiger charge is 2.03. The van der Waals surface area contributed by atoms with Gasteiger partial charge >= 0.3 is 0 Å². The summed E-state index contributed by atoms with van der Waals surface area (Å²) < 4.78 is 0. The zero-order chi connectivity index (χ0) is 10.5. The average Bonchev–Trinajstić information content (AvgIpc) is 2.33. The van der Waals surface area contributed by atoms with E-state index in [1.807, 2.05) is 66.6 Å². The van der Waals surface area contributed by atoms with Gasteiger partial charge in [-0.3, -0.25) is 0 Å². The van der Waals surface area contributed by atoms with Crippen LogP contribution in [-0.4, -0.2) is 5.94 Å². The van der Waals surface area contributed by atoms with E-state index in [1.54, 1.807) is 0 Å². The Morgan fingerprint density at radius 3 is 1.47 bits per heavy atom. The lowest BCUT2D eigenvalue weighted by Crippen LogP contribution is -1.87. The largest absolute Gasteiger partial charge is 0.233 e. The first-order chi connectivity index (χ1) is 7.42. The Morgan fingerprint density at radius 2 is 1.13 bits per heavy atom. The average molecular weight is 196 g/mol. The second-order valence-electron chi connectivity index (χ2n) is 3.21.